The molecule has 0 fully saturated rings. The lowest BCUT2D eigenvalue weighted by atomic mass is 10.1. The van der Waals surface area contributed by atoms with Crippen molar-refractivity contribution in [3.63, 3.8) is 0 Å². The van der Waals surface area contributed by atoms with E-state index >= 15 is 0 Å². The van der Waals surface area contributed by atoms with E-state index in [0.717, 1.165) is 12.0 Å². The molecule has 3 aromatic carbocycles. The van der Waals surface area contributed by atoms with E-state index in [2.05, 4.69) is 5.32 Å². The molecule has 132 valence electrons. The van der Waals surface area contributed by atoms with Crippen LogP contribution < -0.4 is 10.1 Å². The SMILES string of the molecule is O=C(NCCc1ccccc1)c1ccccc1OCc1ccccc1Cl. The van der Waals surface area contributed by atoms with Crippen LogP contribution in [0, 0.1) is 0 Å². The predicted octanol–water partition coefficient (Wildman–Crippen LogP) is 4.89. The molecule has 3 aromatic rings. The Kier molecular flexibility index (Phi) is 6.29. The number of benzene rings is 3. The first kappa shape index (κ1) is 18.0. The molecule has 0 aliphatic rings. The third-order valence-corrected chi connectivity index (χ3v) is 4.38. The minimum absolute atomic E-state index is 0.143. The average Bonchev–Trinajstić information content (AvgIpc) is 2.68. The molecule has 4 heteroatoms. The number of carbonyl (C=O) groups is 1. The zero-order valence-corrected chi connectivity index (χ0v) is 15.1. The third-order valence-electron chi connectivity index (χ3n) is 4.01. The van der Waals surface area contributed by atoms with Gasteiger partial charge < -0.3 is 10.1 Å². The topological polar surface area (TPSA) is 38.3 Å². The summed E-state index contributed by atoms with van der Waals surface area (Å²) in [5.74, 6) is 0.403. The zero-order chi connectivity index (χ0) is 18.2. The van der Waals surface area contributed by atoms with Gasteiger partial charge in [0.1, 0.15) is 12.4 Å². The number of hydrogen-bond acceptors (Lipinski definition) is 2. The van der Waals surface area contributed by atoms with Crippen LogP contribution in [0.15, 0.2) is 78.9 Å². The van der Waals surface area contributed by atoms with E-state index in [1.54, 1.807) is 12.1 Å². The molecule has 1 N–H and O–H groups in total. The van der Waals surface area contributed by atoms with Gasteiger partial charge in [-0.15, -0.1) is 0 Å². The Morgan fingerprint density at radius 3 is 2.38 bits per heavy atom. The number of halogens is 1. The minimum Gasteiger partial charge on any atom is -0.488 e. The molecular weight excluding hydrogens is 346 g/mol. The Bertz CT molecular complexity index is 865. The van der Waals surface area contributed by atoms with Crippen molar-refractivity contribution in [2.75, 3.05) is 6.54 Å². The van der Waals surface area contributed by atoms with Crippen LogP contribution in [0.5, 0.6) is 5.75 Å². The molecule has 0 spiro atoms. The summed E-state index contributed by atoms with van der Waals surface area (Å²) in [5.41, 5.74) is 2.59. The molecule has 0 aromatic heterocycles. The number of rotatable bonds is 7. The van der Waals surface area contributed by atoms with Gasteiger partial charge in [-0.2, -0.15) is 0 Å². The van der Waals surface area contributed by atoms with Crippen molar-refractivity contribution in [1.29, 1.82) is 0 Å². The number of ether oxygens (including phenoxy) is 1. The van der Waals surface area contributed by atoms with E-state index in [0.29, 0.717) is 29.5 Å². The Morgan fingerprint density at radius 1 is 0.885 bits per heavy atom. The second-order valence-electron chi connectivity index (χ2n) is 5.87. The summed E-state index contributed by atoms with van der Waals surface area (Å²) in [6, 6.07) is 24.8. The molecule has 1 amide bonds. The van der Waals surface area contributed by atoms with Gasteiger partial charge in [-0.25, -0.2) is 0 Å². The summed E-state index contributed by atoms with van der Waals surface area (Å²) in [7, 11) is 0. The number of hydrogen-bond donors (Lipinski definition) is 1. The maximum absolute atomic E-state index is 12.5. The molecule has 26 heavy (non-hydrogen) atoms. The lowest BCUT2D eigenvalue weighted by Gasteiger charge is -2.12. The van der Waals surface area contributed by atoms with E-state index in [-0.39, 0.29) is 5.91 Å². The fourth-order valence-electron chi connectivity index (χ4n) is 2.61. The molecule has 0 saturated heterocycles. The summed E-state index contributed by atoms with van der Waals surface area (Å²) in [5, 5.41) is 3.60. The van der Waals surface area contributed by atoms with Crippen LogP contribution in [0.2, 0.25) is 5.02 Å². The summed E-state index contributed by atoms with van der Waals surface area (Å²) in [6.07, 6.45) is 0.787. The quantitative estimate of drug-likeness (QED) is 0.647. The highest BCUT2D eigenvalue weighted by molar-refractivity contribution is 6.31. The van der Waals surface area contributed by atoms with Crippen LogP contribution in [0.4, 0.5) is 0 Å². The van der Waals surface area contributed by atoms with E-state index < -0.39 is 0 Å². The number of amides is 1. The van der Waals surface area contributed by atoms with Gasteiger partial charge in [0.2, 0.25) is 0 Å². The maximum Gasteiger partial charge on any atom is 0.255 e. The maximum atomic E-state index is 12.5. The number of para-hydroxylation sites is 1. The Labute approximate surface area is 158 Å². The first-order valence-electron chi connectivity index (χ1n) is 8.51. The minimum atomic E-state index is -0.143. The van der Waals surface area contributed by atoms with Crippen LogP contribution in [-0.2, 0) is 13.0 Å². The van der Waals surface area contributed by atoms with Gasteiger partial charge in [0, 0.05) is 17.1 Å². The number of carbonyl (C=O) groups excluding carboxylic acids is 1. The van der Waals surface area contributed by atoms with Gasteiger partial charge in [0.05, 0.1) is 5.56 Å². The summed E-state index contributed by atoms with van der Waals surface area (Å²) >= 11 is 6.16. The summed E-state index contributed by atoms with van der Waals surface area (Å²) in [4.78, 5) is 12.5. The lowest BCUT2D eigenvalue weighted by molar-refractivity contribution is 0.0949. The van der Waals surface area contributed by atoms with Crippen LogP contribution in [0.1, 0.15) is 21.5 Å². The van der Waals surface area contributed by atoms with Gasteiger partial charge >= 0.3 is 0 Å². The molecular formula is C22H20ClNO2. The Morgan fingerprint density at radius 2 is 1.58 bits per heavy atom. The Balaban J connectivity index is 1.61. The number of nitrogens with one attached hydrogen (secondary N) is 1. The largest absolute Gasteiger partial charge is 0.488 e. The van der Waals surface area contributed by atoms with Gasteiger partial charge in [-0.1, -0.05) is 72.3 Å². The van der Waals surface area contributed by atoms with Gasteiger partial charge in [-0.05, 0) is 30.2 Å². The van der Waals surface area contributed by atoms with Gasteiger partial charge in [0.15, 0.2) is 0 Å². The van der Waals surface area contributed by atoms with Crippen molar-refractivity contribution in [2.45, 2.75) is 13.0 Å². The monoisotopic (exact) mass is 365 g/mol. The smallest absolute Gasteiger partial charge is 0.255 e. The molecule has 0 bridgehead atoms. The van der Waals surface area contributed by atoms with Crippen molar-refractivity contribution < 1.29 is 9.53 Å². The van der Waals surface area contributed by atoms with Crippen molar-refractivity contribution in [3.8, 4) is 5.75 Å². The third kappa shape index (κ3) is 4.87. The predicted molar refractivity (Wildman–Crippen MR) is 105 cm³/mol. The molecule has 0 saturated carbocycles. The zero-order valence-electron chi connectivity index (χ0n) is 14.3. The first-order valence-corrected chi connectivity index (χ1v) is 8.89. The lowest BCUT2D eigenvalue weighted by Crippen LogP contribution is -2.26. The average molecular weight is 366 g/mol. The van der Waals surface area contributed by atoms with Crippen molar-refractivity contribution in [1.82, 2.24) is 5.32 Å². The van der Waals surface area contributed by atoms with Crippen molar-refractivity contribution >= 4 is 17.5 Å². The highest BCUT2D eigenvalue weighted by atomic mass is 35.5. The molecule has 0 atom stereocenters. The second kappa shape index (κ2) is 9.07. The molecule has 3 rings (SSSR count). The van der Waals surface area contributed by atoms with Gasteiger partial charge in [0.25, 0.3) is 5.91 Å². The molecule has 0 aliphatic heterocycles. The molecule has 3 nitrogen and oxygen atoms in total. The normalized spacial score (nSPS) is 10.3. The second-order valence-corrected chi connectivity index (χ2v) is 6.27. The van der Waals surface area contributed by atoms with Crippen molar-refractivity contribution in [2.24, 2.45) is 0 Å². The first-order chi connectivity index (χ1) is 12.7. The summed E-state index contributed by atoms with van der Waals surface area (Å²) < 4.78 is 5.84. The van der Waals surface area contributed by atoms with Gasteiger partial charge in [-0.3, -0.25) is 4.79 Å². The van der Waals surface area contributed by atoms with Crippen LogP contribution in [0.3, 0.4) is 0 Å². The van der Waals surface area contributed by atoms with E-state index in [1.165, 1.54) is 5.56 Å². The van der Waals surface area contributed by atoms with E-state index in [9.17, 15) is 4.79 Å². The molecule has 0 unspecified atom stereocenters. The molecule has 0 aliphatic carbocycles. The standard InChI is InChI=1S/C22H20ClNO2/c23-20-12-6-4-10-18(20)16-26-21-13-7-5-11-19(21)22(25)24-15-14-17-8-2-1-3-9-17/h1-13H,14-16H2,(H,24,25). The molecule has 0 heterocycles. The van der Waals surface area contributed by atoms with E-state index in [4.69, 9.17) is 16.3 Å². The van der Waals surface area contributed by atoms with Crippen LogP contribution >= 0.6 is 11.6 Å². The van der Waals surface area contributed by atoms with Crippen LogP contribution in [-0.4, -0.2) is 12.5 Å². The van der Waals surface area contributed by atoms with E-state index in [1.807, 2.05) is 66.7 Å². The highest BCUT2D eigenvalue weighted by Crippen LogP contribution is 2.22. The highest BCUT2D eigenvalue weighted by Gasteiger charge is 2.12. The fraction of sp³-hybridized carbons (Fsp3) is 0.136. The fourth-order valence-corrected chi connectivity index (χ4v) is 2.80. The summed E-state index contributed by atoms with van der Waals surface area (Å²) in [6.45, 7) is 0.885. The molecule has 0 radical (unpaired) electrons. The Hall–Kier alpha value is -2.78. The van der Waals surface area contributed by atoms with Crippen molar-refractivity contribution in [3.05, 3.63) is 101 Å². The van der Waals surface area contributed by atoms with Crippen LogP contribution in [0.25, 0.3) is 0 Å².